The third-order valence-electron chi connectivity index (χ3n) is 5.82. The fraction of sp³-hybridized carbons (Fsp3) is 0.292. The van der Waals surface area contributed by atoms with Gasteiger partial charge < -0.3 is 10.2 Å². The summed E-state index contributed by atoms with van der Waals surface area (Å²) in [6.07, 6.45) is 2.77. The molecule has 0 aliphatic carbocycles. The molecule has 30 heavy (non-hydrogen) atoms. The molecule has 0 unspecified atom stereocenters. The number of aromatic amines is 1. The molecule has 0 radical (unpaired) electrons. The molecule has 2 amide bonds. The van der Waals surface area contributed by atoms with Crippen molar-refractivity contribution in [3.8, 4) is 11.1 Å². The molecule has 4 rings (SSSR count). The van der Waals surface area contributed by atoms with E-state index < -0.39 is 5.41 Å². The van der Waals surface area contributed by atoms with Crippen molar-refractivity contribution in [3.63, 3.8) is 0 Å². The standard InChI is InChI=1S/C24H26N4O2/c1-2-25-23(30)24(13-15-28(17-24)22(29)21-12-14-26-27-21)16-19-10-6-7-11-20(19)18-8-4-3-5-9-18/h3-12,14H,2,13,15-17H2,1H3,(H,25,30)(H,26,27)/t24-/m0/s1. The Bertz CT molecular complexity index is 1020. The van der Waals surface area contributed by atoms with Crippen molar-refractivity contribution < 1.29 is 9.59 Å². The van der Waals surface area contributed by atoms with Crippen molar-refractivity contribution in [2.45, 2.75) is 19.8 Å². The number of benzene rings is 2. The minimum atomic E-state index is -0.656. The van der Waals surface area contributed by atoms with Crippen LogP contribution in [-0.2, 0) is 11.2 Å². The van der Waals surface area contributed by atoms with E-state index in [4.69, 9.17) is 0 Å². The van der Waals surface area contributed by atoms with Crippen LogP contribution in [0.5, 0.6) is 0 Å². The molecule has 6 nitrogen and oxygen atoms in total. The lowest BCUT2D eigenvalue weighted by molar-refractivity contribution is -0.130. The molecule has 3 aromatic rings. The highest BCUT2D eigenvalue weighted by Crippen LogP contribution is 2.38. The maximum Gasteiger partial charge on any atom is 0.271 e. The zero-order valence-corrected chi connectivity index (χ0v) is 17.1. The molecule has 1 fully saturated rings. The SMILES string of the molecule is CCNC(=O)[C@]1(Cc2ccccc2-c2ccccc2)CCN(C(=O)c2ccn[nH]2)C1. The Morgan fingerprint density at radius 3 is 2.60 bits per heavy atom. The smallest absolute Gasteiger partial charge is 0.271 e. The predicted molar refractivity (Wildman–Crippen MR) is 116 cm³/mol. The first-order chi connectivity index (χ1) is 14.6. The van der Waals surface area contributed by atoms with Gasteiger partial charge >= 0.3 is 0 Å². The lowest BCUT2D eigenvalue weighted by atomic mass is 9.78. The highest BCUT2D eigenvalue weighted by Gasteiger charge is 2.46. The first-order valence-corrected chi connectivity index (χ1v) is 10.3. The molecule has 2 heterocycles. The number of hydrogen-bond acceptors (Lipinski definition) is 3. The van der Waals surface area contributed by atoms with Crippen LogP contribution < -0.4 is 5.32 Å². The van der Waals surface area contributed by atoms with Gasteiger partial charge in [-0.1, -0.05) is 54.6 Å². The van der Waals surface area contributed by atoms with E-state index in [-0.39, 0.29) is 11.8 Å². The van der Waals surface area contributed by atoms with Crippen molar-refractivity contribution in [3.05, 3.63) is 78.1 Å². The van der Waals surface area contributed by atoms with E-state index in [0.717, 1.165) is 16.7 Å². The highest BCUT2D eigenvalue weighted by molar-refractivity contribution is 5.93. The zero-order valence-electron chi connectivity index (χ0n) is 17.1. The van der Waals surface area contributed by atoms with Gasteiger partial charge in [0.25, 0.3) is 5.91 Å². The van der Waals surface area contributed by atoms with Gasteiger partial charge in [0.05, 0.1) is 5.41 Å². The summed E-state index contributed by atoms with van der Waals surface area (Å²) >= 11 is 0. The van der Waals surface area contributed by atoms with E-state index in [9.17, 15) is 9.59 Å². The number of rotatable bonds is 6. The lowest BCUT2D eigenvalue weighted by Crippen LogP contribution is -2.45. The zero-order chi connectivity index (χ0) is 21.0. The molecule has 1 aromatic heterocycles. The molecule has 2 aromatic carbocycles. The summed E-state index contributed by atoms with van der Waals surface area (Å²) in [4.78, 5) is 27.8. The largest absolute Gasteiger partial charge is 0.356 e. The third kappa shape index (κ3) is 3.85. The first kappa shape index (κ1) is 19.9. The average Bonchev–Trinajstić information content (AvgIpc) is 3.46. The summed E-state index contributed by atoms with van der Waals surface area (Å²) in [5.74, 6) is -0.109. The highest BCUT2D eigenvalue weighted by atomic mass is 16.2. The van der Waals surface area contributed by atoms with Gasteiger partial charge in [-0.2, -0.15) is 5.10 Å². The van der Waals surface area contributed by atoms with Crippen LogP contribution in [0.4, 0.5) is 0 Å². The van der Waals surface area contributed by atoms with Crippen LogP contribution in [0.2, 0.25) is 0 Å². The van der Waals surface area contributed by atoms with Gasteiger partial charge in [0.15, 0.2) is 0 Å². The summed E-state index contributed by atoms with van der Waals surface area (Å²) in [6, 6.07) is 20.1. The van der Waals surface area contributed by atoms with E-state index in [1.165, 1.54) is 0 Å². The van der Waals surface area contributed by atoms with Crippen molar-refractivity contribution in [1.29, 1.82) is 0 Å². The Balaban J connectivity index is 1.65. The van der Waals surface area contributed by atoms with Crippen molar-refractivity contribution in [2.24, 2.45) is 5.41 Å². The van der Waals surface area contributed by atoms with Gasteiger partial charge in [0.1, 0.15) is 5.69 Å². The van der Waals surface area contributed by atoms with E-state index in [2.05, 4.69) is 39.8 Å². The molecule has 0 spiro atoms. The van der Waals surface area contributed by atoms with Gasteiger partial charge in [-0.05, 0) is 42.5 Å². The summed E-state index contributed by atoms with van der Waals surface area (Å²) in [5, 5.41) is 9.62. The van der Waals surface area contributed by atoms with E-state index >= 15 is 0 Å². The number of hydrogen-bond donors (Lipinski definition) is 2. The molecule has 154 valence electrons. The van der Waals surface area contributed by atoms with Gasteiger partial charge in [0.2, 0.25) is 5.91 Å². The second kappa shape index (κ2) is 8.53. The van der Waals surface area contributed by atoms with Crippen LogP contribution in [0.25, 0.3) is 11.1 Å². The van der Waals surface area contributed by atoms with Crippen molar-refractivity contribution >= 4 is 11.8 Å². The Labute approximate surface area is 176 Å². The van der Waals surface area contributed by atoms with E-state index in [1.807, 2.05) is 37.3 Å². The van der Waals surface area contributed by atoms with Crippen LogP contribution >= 0.6 is 0 Å². The molecule has 6 heteroatoms. The summed E-state index contributed by atoms with van der Waals surface area (Å²) in [7, 11) is 0. The number of aromatic nitrogens is 2. The van der Waals surface area contributed by atoms with Crippen LogP contribution in [0.15, 0.2) is 66.9 Å². The molecule has 1 aliphatic heterocycles. The van der Waals surface area contributed by atoms with Crippen molar-refractivity contribution in [2.75, 3.05) is 19.6 Å². The summed E-state index contributed by atoms with van der Waals surface area (Å²) in [5.41, 5.74) is 3.16. The van der Waals surface area contributed by atoms with Gasteiger partial charge in [-0.15, -0.1) is 0 Å². The quantitative estimate of drug-likeness (QED) is 0.664. The number of nitrogens with one attached hydrogen (secondary N) is 2. The van der Waals surface area contributed by atoms with E-state index in [0.29, 0.717) is 38.2 Å². The molecule has 2 N–H and O–H groups in total. The van der Waals surface area contributed by atoms with Gasteiger partial charge in [-0.25, -0.2) is 0 Å². The van der Waals surface area contributed by atoms with E-state index in [1.54, 1.807) is 17.2 Å². The Morgan fingerprint density at radius 1 is 1.10 bits per heavy atom. The van der Waals surface area contributed by atoms with Crippen LogP contribution in [0.1, 0.15) is 29.4 Å². The Hall–Kier alpha value is -3.41. The fourth-order valence-electron chi connectivity index (χ4n) is 4.29. The van der Waals surface area contributed by atoms with Crippen LogP contribution in [0.3, 0.4) is 0 Å². The van der Waals surface area contributed by atoms with Crippen LogP contribution in [-0.4, -0.2) is 46.5 Å². The molecule has 1 aliphatic rings. The first-order valence-electron chi connectivity index (χ1n) is 10.3. The number of carbonyl (C=O) groups is 2. The summed E-state index contributed by atoms with van der Waals surface area (Å²) in [6.45, 7) is 3.42. The Kier molecular flexibility index (Phi) is 5.65. The maximum atomic E-state index is 13.2. The predicted octanol–water partition coefficient (Wildman–Crippen LogP) is 3.29. The lowest BCUT2D eigenvalue weighted by Gasteiger charge is -2.29. The minimum absolute atomic E-state index is 0.00720. The normalized spacial score (nSPS) is 18.4. The second-order valence-corrected chi connectivity index (χ2v) is 7.79. The fourth-order valence-corrected chi connectivity index (χ4v) is 4.29. The van der Waals surface area contributed by atoms with Crippen LogP contribution in [0, 0.1) is 5.41 Å². The Morgan fingerprint density at radius 2 is 1.87 bits per heavy atom. The number of H-pyrrole nitrogens is 1. The number of carbonyl (C=O) groups excluding carboxylic acids is 2. The molecular formula is C24H26N4O2. The summed E-state index contributed by atoms with van der Waals surface area (Å²) < 4.78 is 0. The van der Waals surface area contributed by atoms with Crippen molar-refractivity contribution in [1.82, 2.24) is 20.4 Å². The number of nitrogens with zero attached hydrogens (tertiary/aromatic N) is 2. The molecule has 0 saturated carbocycles. The van der Waals surface area contributed by atoms with Gasteiger partial charge in [0, 0.05) is 25.8 Å². The third-order valence-corrected chi connectivity index (χ3v) is 5.82. The molecular weight excluding hydrogens is 376 g/mol. The maximum absolute atomic E-state index is 13.2. The molecule has 0 bridgehead atoms. The average molecular weight is 402 g/mol. The minimum Gasteiger partial charge on any atom is -0.356 e. The number of likely N-dealkylation sites (tertiary alicyclic amines) is 1. The topological polar surface area (TPSA) is 78.1 Å². The molecule has 1 saturated heterocycles. The second-order valence-electron chi connectivity index (χ2n) is 7.79. The monoisotopic (exact) mass is 402 g/mol. The molecule has 1 atom stereocenters. The number of amides is 2. The van der Waals surface area contributed by atoms with Gasteiger partial charge in [-0.3, -0.25) is 14.7 Å².